The molecule has 1 saturated carbocycles. The number of halogens is 1. The number of carbonyl (C=O) groups is 1. The average molecular weight is 459 g/mol. The number of aromatic nitrogens is 3. The number of aryl methyl sites for hydroxylation is 1. The molecular formula is C22H23ClN4O3S. The van der Waals surface area contributed by atoms with Crippen LogP contribution in [0.2, 0.25) is 5.02 Å². The lowest BCUT2D eigenvalue weighted by Gasteiger charge is -2.19. The molecule has 1 fully saturated rings. The molecule has 0 radical (unpaired) electrons. The first-order valence-corrected chi connectivity index (χ1v) is 12.8. The largest absolute Gasteiger partial charge is 0.328 e. The highest BCUT2D eigenvalue weighted by Gasteiger charge is 2.59. The van der Waals surface area contributed by atoms with Crippen molar-refractivity contribution in [3.63, 3.8) is 0 Å². The first-order chi connectivity index (χ1) is 14.8. The maximum Gasteiger partial charge on any atom is 0.238 e. The van der Waals surface area contributed by atoms with Crippen molar-refractivity contribution >= 4 is 44.1 Å². The average Bonchev–Trinajstić information content (AvgIpc) is 3.41. The van der Waals surface area contributed by atoms with E-state index >= 15 is 0 Å². The molecule has 3 aromatic rings. The number of hydrogen-bond donors (Lipinski definition) is 0. The standard InChI is InChI=1S/C22H23ClN4O3S/c1-31(29,30)9-3-2-8-26-17(11-15-10-16(23)12-25-20(15)26)14-27-19-13-24-7-4-18(19)22(5-6-22)21(27)28/h4,7,10-13H,2-3,5-6,8-9,14H2,1H3. The highest BCUT2D eigenvalue weighted by molar-refractivity contribution is 7.90. The van der Waals surface area contributed by atoms with E-state index in [0.29, 0.717) is 31.0 Å². The highest BCUT2D eigenvalue weighted by atomic mass is 35.5. The molecule has 0 bridgehead atoms. The van der Waals surface area contributed by atoms with Gasteiger partial charge in [0.2, 0.25) is 5.91 Å². The van der Waals surface area contributed by atoms with E-state index in [4.69, 9.17) is 11.6 Å². The highest BCUT2D eigenvalue weighted by Crippen LogP contribution is 2.57. The summed E-state index contributed by atoms with van der Waals surface area (Å²) < 4.78 is 25.0. The lowest BCUT2D eigenvalue weighted by molar-refractivity contribution is -0.120. The molecule has 31 heavy (non-hydrogen) atoms. The summed E-state index contributed by atoms with van der Waals surface area (Å²) in [6.45, 7) is 1.04. The van der Waals surface area contributed by atoms with Crippen LogP contribution in [0.4, 0.5) is 5.69 Å². The van der Waals surface area contributed by atoms with Crippen LogP contribution in [0, 0.1) is 0 Å². The first-order valence-electron chi connectivity index (χ1n) is 10.4. The number of nitrogens with zero attached hydrogens (tertiary/aromatic N) is 4. The molecule has 5 rings (SSSR count). The molecule has 0 aromatic carbocycles. The van der Waals surface area contributed by atoms with Gasteiger partial charge in [-0.2, -0.15) is 0 Å². The van der Waals surface area contributed by atoms with Gasteiger partial charge in [0.15, 0.2) is 0 Å². The quantitative estimate of drug-likeness (QED) is 0.506. The molecule has 2 aliphatic rings. The Morgan fingerprint density at radius 2 is 2.00 bits per heavy atom. The van der Waals surface area contributed by atoms with E-state index in [9.17, 15) is 13.2 Å². The normalized spacial score (nSPS) is 17.0. The van der Waals surface area contributed by atoms with E-state index < -0.39 is 9.84 Å². The number of pyridine rings is 2. The Balaban J connectivity index is 1.47. The van der Waals surface area contributed by atoms with E-state index in [1.165, 1.54) is 6.26 Å². The fourth-order valence-corrected chi connectivity index (χ4v) is 5.50. The van der Waals surface area contributed by atoms with Gasteiger partial charge in [-0.1, -0.05) is 11.6 Å². The van der Waals surface area contributed by atoms with E-state index in [1.807, 2.05) is 23.1 Å². The third-order valence-corrected chi connectivity index (χ3v) is 7.50. The van der Waals surface area contributed by atoms with Crippen molar-refractivity contribution in [1.82, 2.24) is 14.5 Å². The Morgan fingerprint density at radius 1 is 1.19 bits per heavy atom. The summed E-state index contributed by atoms with van der Waals surface area (Å²) >= 11 is 6.15. The van der Waals surface area contributed by atoms with Gasteiger partial charge in [-0.15, -0.1) is 0 Å². The van der Waals surface area contributed by atoms with E-state index in [-0.39, 0.29) is 17.1 Å². The Morgan fingerprint density at radius 3 is 2.74 bits per heavy atom. The third-order valence-electron chi connectivity index (χ3n) is 6.26. The van der Waals surface area contributed by atoms with Crippen LogP contribution in [0.5, 0.6) is 0 Å². The SMILES string of the molecule is CS(=O)(=O)CCCCn1c(CN2C(=O)C3(CC3)c3ccncc32)cc2cc(Cl)cnc21. The van der Waals surface area contributed by atoms with Gasteiger partial charge >= 0.3 is 0 Å². The zero-order valence-electron chi connectivity index (χ0n) is 17.2. The van der Waals surface area contributed by atoms with Crippen LogP contribution < -0.4 is 4.90 Å². The topological polar surface area (TPSA) is 85.2 Å². The molecule has 1 aliphatic heterocycles. The number of fused-ring (bicyclic) bond motifs is 3. The summed E-state index contributed by atoms with van der Waals surface area (Å²) in [5.74, 6) is 0.294. The van der Waals surface area contributed by atoms with Gasteiger partial charge in [0, 0.05) is 42.0 Å². The molecule has 0 atom stereocenters. The maximum atomic E-state index is 13.3. The van der Waals surface area contributed by atoms with Crippen LogP contribution >= 0.6 is 11.6 Å². The fourth-order valence-electron chi connectivity index (χ4n) is 4.60. The monoisotopic (exact) mass is 458 g/mol. The number of unbranched alkanes of at least 4 members (excludes halogenated alkanes) is 1. The van der Waals surface area contributed by atoms with Crippen LogP contribution in [-0.4, -0.2) is 40.9 Å². The van der Waals surface area contributed by atoms with Crippen molar-refractivity contribution in [3.8, 4) is 0 Å². The molecule has 4 heterocycles. The van der Waals surface area contributed by atoms with E-state index in [1.54, 1.807) is 18.6 Å². The molecule has 1 spiro atoms. The second kappa shape index (κ2) is 7.31. The molecule has 1 amide bonds. The van der Waals surface area contributed by atoms with Crippen molar-refractivity contribution in [1.29, 1.82) is 0 Å². The molecule has 0 saturated heterocycles. The maximum absolute atomic E-state index is 13.3. The minimum Gasteiger partial charge on any atom is -0.328 e. The van der Waals surface area contributed by atoms with Crippen LogP contribution in [0.15, 0.2) is 36.8 Å². The molecule has 0 N–H and O–H groups in total. The smallest absolute Gasteiger partial charge is 0.238 e. The van der Waals surface area contributed by atoms with Crippen molar-refractivity contribution in [2.45, 2.75) is 44.2 Å². The molecular weight excluding hydrogens is 436 g/mol. The van der Waals surface area contributed by atoms with Gasteiger partial charge < -0.3 is 9.47 Å². The Hall–Kier alpha value is -2.45. The summed E-state index contributed by atoms with van der Waals surface area (Å²) in [4.78, 5) is 23.9. The summed E-state index contributed by atoms with van der Waals surface area (Å²) in [7, 11) is -2.99. The summed E-state index contributed by atoms with van der Waals surface area (Å²) in [6, 6.07) is 5.85. The van der Waals surface area contributed by atoms with Crippen molar-refractivity contribution in [2.75, 3.05) is 16.9 Å². The summed E-state index contributed by atoms with van der Waals surface area (Å²) in [5, 5.41) is 1.46. The van der Waals surface area contributed by atoms with Crippen molar-refractivity contribution < 1.29 is 13.2 Å². The number of sulfone groups is 1. The lowest BCUT2D eigenvalue weighted by Crippen LogP contribution is -2.32. The molecule has 9 heteroatoms. The zero-order valence-corrected chi connectivity index (χ0v) is 18.8. The van der Waals surface area contributed by atoms with Crippen LogP contribution in [0.3, 0.4) is 0 Å². The van der Waals surface area contributed by atoms with E-state index in [0.717, 1.165) is 40.8 Å². The van der Waals surface area contributed by atoms with Gasteiger partial charge in [-0.05, 0) is 49.4 Å². The number of hydrogen-bond acceptors (Lipinski definition) is 5. The molecule has 1 aliphatic carbocycles. The number of carbonyl (C=O) groups excluding carboxylic acids is 1. The number of amides is 1. The predicted molar refractivity (Wildman–Crippen MR) is 120 cm³/mol. The summed E-state index contributed by atoms with van der Waals surface area (Å²) in [5.41, 5.74) is 3.32. The van der Waals surface area contributed by atoms with Crippen molar-refractivity contribution in [3.05, 3.63) is 53.1 Å². The Labute approximate surface area is 186 Å². The van der Waals surface area contributed by atoms with Crippen LogP contribution in [0.1, 0.15) is 36.9 Å². The predicted octanol–water partition coefficient (Wildman–Crippen LogP) is 3.49. The number of anilines is 1. The molecule has 0 unspecified atom stereocenters. The third kappa shape index (κ3) is 3.61. The molecule has 7 nitrogen and oxygen atoms in total. The van der Waals surface area contributed by atoms with Gasteiger partial charge in [-0.3, -0.25) is 9.78 Å². The van der Waals surface area contributed by atoms with Gasteiger partial charge in [0.05, 0.1) is 28.9 Å². The van der Waals surface area contributed by atoms with Gasteiger partial charge in [-0.25, -0.2) is 13.4 Å². The Kier molecular flexibility index (Phi) is 4.82. The Bertz CT molecular complexity index is 1300. The molecule has 3 aromatic heterocycles. The summed E-state index contributed by atoms with van der Waals surface area (Å²) in [6.07, 6.45) is 9.42. The minimum absolute atomic E-state index is 0.135. The minimum atomic E-state index is -2.99. The van der Waals surface area contributed by atoms with E-state index in [2.05, 4.69) is 14.5 Å². The van der Waals surface area contributed by atoms with Crippen molar-refractivity contribution in [2.24, 2.45) is 0 Å². The first kappa shape index (κ1) is 20.5. The van der Waals surface area contributed by atoms with Crippen LogP contribution in [0.25, 0.3) is 11.0 Å². The number of rotatable bonds is 7. The second-order valence-electron chi connectivity index (χ2n) is 8.56. The lowest BCUT2D eigenvalue weighted by atomic mass is 9.99. The van der Waals surface area contributed by atoms with Gasteiger partial charge in [0.25, 0.3) is 0 Å². The van der Waals surface area contributed by atoms with Crippen LogP contribution in [-0.2, 0) is 33.1 Å². The second-order valence-corrected chi connectivity index (χ2v) is 11.3. The fraction of sp³-hybridized carbons (Fsp3) is 0.409. The van der Waals surface area contributed by atoms with Gasteiger partial charge in [0.1, 0.15) is 15.5 Å². The molecule has 162 valence electrons. The zero-order chi connectivity index (χ0) is 21.8.